The number of hydrogen-bond acceptors (Lipinski definition) is 2. The lowest BCUT2D eigenvalue weighted by molar-refractivity contribution is 0.585. The molecular weight excluding hydrogens is 305 g/mol. The molecule has 0 radical (unpaired) electrons. The van der Waals surface area contributed by atoms with Gasteiger partial charge in [0.25, 0.3) is 0 Å². The summed E-state index contributed by atoms with van der Waals surface area (Å²) in [6.07, 6.45) is 0. The summed E-state index contributed by atoms with van der Waals surface area (Å²) in [7, 11) is 0. The molecule has 0 saturated heterocycles. The first-order valence-corrected chi connectivity index (χ1v) is 6.44. The van der Waals surface area contributed by atoms with E-state index in [1.807, 2.05) is 0 Å². The van der Waals surface area contributed by atoms with Crippen molar-refractivity contribution in [1.29, 1.82) is 0 Å². The molecule has 2 nitrogen and oxygen atoms in total. The van der Waals surface area contributed by atoms with Crippen LogP contribution in [0.4, 0.5) is 14.5 Å². The Kier molecular flexibility index (Phi) is 4.57. The summed E-state index contributed by atoms with van der Waals surface area (Å²) in [5.41, 5.74) is 3.97. The van der Waals surface area contributed by atoms with E-state index in [9.17, 15) is 8.78 Å². The van der Waals surface area contributed by atoms with Crippen molar-refractivity contribution in [1.82, 2.24) is 0 Å². The number of halogens is 4. The maximum absolute atomic E-state index is 13.4. The molecule has 0 aliphatic carbocycles. The number of nitrogens with zero attached hydrogens (tertiary/aromatic N) is 1. The van der Waals surface area contributed by atoms with Crippen LogP contribution in [0.5, 0.6) is 0 Å². The summed E-state index contributed by atoms with van der Waals surface area (Å²) in [6, 6.07) is 8.26. The third kappa shape index (κ3) is 3.46. The van der Waals surface area contributed by atoms with E-state index in [4.69, 9.17) is 23.2 Å². The highest BCUT2D eigenvalue weighted by molar-refractivity contribution is 6.42. The third-order valence-corrected chi connectivity index (χ3v) is 3.35. The van der Waals surface area contributed by atoms with Crippen LogP contribution in [0.3, 0.4) is 0 Å². The molecule has 0 aliphatic heterocycles. The van der Waals surface area contributed by atoms with Gasteiger partial charge in [-0.05, 0) is 36.8 Å². The minimum atomic E-state index is -0.712. The van der Waals surface area contributed by atoms with Gasteiger partial charge in [-0.15, -0.1) is 0 Å². The monoisotopic (exact) mass is 314 g/mol. The molecule has 2 aromatic carbocycles. The van der Waals surface area contributed by atoms with E-state index in [1.54, 1.807) is 25.1 Å². The zero-order valence-electron chi connectivity index (χ0n) is 10.4. The molecule has 2 rings (SSSR count). The summed E-state index contributed by atoms with van der Waals surface area (Å²) in [5, 5.41) is 4.88. The van der Waals surface area contributed by atoms with Crippen LogP contribution in [0.1, 0.15) is 12.5 Å². The Bertz CT molecular complexity index is 672. The third-order valence-electron chi connectivity index (χ3n) is 2.61. The molecule has 0 bridgehead atoms. The summed E-state index contributed by atoms with van der Waals surface area (Å²) in [4.78, 5) is 0. The van der Waals surface area contributed by atoms with E-state index in [-0.39, 0.29) is 5.69 Å². The van der Waals surface area contributed by atoms with Crippen molar-refractivity contribution in [2.45, 2.75) is 6.92 Å². The van der Waals surface area contributed by atoms with Gasteiger partial charge in [-0.3, -0.25) is 5.43 Å². The van der Waals surface area contributed by atoms with Crippen molar-refractivity contribution in [3.8, 4) is 0 Å². The SMILES string of the molecule is CC(=NNc1ccc(F)cc1F)c1ccc(Cl)c(Cl)c1. The van der Waals surface area contributed by atoms with E-state index in [0.29, 0.717) is 15.8 Å². The van der Waals surface area contributed by atoms with Crippen LogP contribution in [0.15, 0.2) is 41.5 Å². The first kappa shape index (κ1) is 14.8. The van der Waals surface area contributed by atoms with Gasteiger partial charge in [-0.25, -0.2) is 8.78 Å². The Morgan fingerprint density at radius 1 is 1.05 bits per heavy atom. The molecule has 0 spiro atoms. The standard InChI is InChI=1S/C14H10Cl2F2N2/c1-8(9-2-4-11(15)12(16)6-9)19-20-14-5-3-10(17)7-13(14)18/h2-7,20H,1H3. The van der Waals surface area contributed by atoms with Gasteiger partial charge in [-0.1, -0.05) is 29.3 Å². The van der Waals surface area contributed by atoms with Crippen LogP contribution in [-0.2, 0) is 0 Å². The second-order valence-corrected chi connectivity index (χ2v) is 4.88. The van der Waals surface area contributed by atoms with Gasteiger partial charge in [0.15, 0.2) is 5.82 Å². The van der Waals surface area contributed by atoms with E-state index in [1.165, 1.54) is 6.07 Å². The van der Waals surface area contributed by atoms with Gasteiger partial charge in [0.1, 0.15) is 5.82 Å². The Morgan fingerprint density at radius 3 is 2.45 bits per heavy atom. The van der Waals surface area contributed by atoms with Gasteiger partial charge in [0.2, 0.25) is 0 Å². The number of benzene rings is 2. The Labute approximate surface area is 125 Å². The zero-order valence-corrected chi connectivity index (χ0v) is 11.9. The van der Waals surface area contributed by atoms with Crippen LogP contribution in [0, 0.1) is 11.6 Å². The van der Waals surface area contributed by atoms with Gasteiger partial charge in [0, 0.05) is 6.07 Å². The molecule has 0 aliphatic rings. The average molecular weight is 315 g/mol. The first-order valence-electron chi connectivity index (χ1n) is 5.68. The molecule has 0 amide bonds. The molecule has 104 valence electrons. The van der Waals surface area contributed by atoms with Gasteiger partial charge in [-0.2, -0.15) is 5.10 Å². The molecule has 6 heteroatoms. The highest BCUT2D eigenvalue weighted by Crippen LogP contribution is 2.23. The van der Waals surface area contributed by atoms with Crippen molar-refractivity contribution in [2.24, 2.45) is 5.10 Å². The van der Waals surface area contributed by atoms with Crippen LogP contribution in [-0.4, -0.2) is 5.71 Å². The highest BCUT2D eigenvalue weighted by atomic mass is 35.5. The summed E-state index contributed by atoms with van der Waals surface area (Å²) < 4.78 is 26.2. The smallest absolute Gasteiger partial charge is 0.151 e. The van der Waals surface area contributed by atoms with Crippen molar-refractivity contribution in [3.05, 3.63) is 63.6 Å². The van der Waals surface area contributed by atoms with Crippen molar-refractivity contribution < 1.29 is 8.78 Å². The number of nitrogens with one attached hydrogen (secondary N) is 1. The fourth-order valence-corrected chi connectivity index (χ4v) is 1.81. The largest absolute Gasteiger partial charge is 0.275 e. The maximum Gasteiger partial charge on any atom is 0.151 e. The lowest BCUT2D eigenvalue weighted by Crippen LogP contribution is -2.01. The maximum atomic E-state index is 13.4. The number of hydrogen-bond donors (Lipinski definition) is 1. The summed E-state index contributed by atoms with van der Waals surface area (Å²) >= 11 is 11.7. The quantitative estimate of drug-likeness (QED) is 0.618. The lowest BCUT2D eigenvalue weighted by atomic mass is 10.1. The topological polar surface area (TPSA) is 24.4 Å². The van der Waals surface area contributed by atoms with Crippen LogP contribution in [0.2, 0.25) is 10.0 Å². The second kappa shape index (κ2) is 6.20. The van der Waals surface area contributed by atoms with E-state index < -0.39 is 11.6 Å². The first-order chi connectivity index (χ1) is 9.47. The normalized spacial score (nSPS) is 11.6. The van der Waals surface area contributed by atoms with Crippen LogP contribution >= 0.6 is 23.2 Å². The molecule has 1 N–H and O–H groups in total. The van der Waals surface area contributed by atoms with E-state index >= 15 is 0 Å². The molecule has 0 unspecified atom stereocenters. The van der Waals surface area contributed by atoms with Crippen molar-refractivity contribution >= 4 is 34.6 Å². The molecule has 2 aromatic rings. The van der Waals surface area contributed by atoms with E-state index in [2.05, 4.69) is 10.5 Å². The van der Waals surface area contributed by atoms with Gasteiger partial charge < -0.3 is 0 Å². The summed E-state index contributed by atoms with van der Waals surface area (Å²) in [6.45, 7) is 1.73. The van der Waals surface area contributed by atoms with Gasteiger partial charge >= 0.3 is 0 Å². The van der Waals surface area contributed by atoms with Crippen molar-refractivity contribution in [2.75, 3.05) is 5.43 Å². The second-order valence-electron chi connectivity index (χ2n) is 4.06. The van der Waals surface area contributed by atoms with Crippen LogP contribution in [0.25, 0.3) is 0 Å². The minimum Gasteiger partial charge on any atom is -0.275 e. The minimum absolute atomic E-state index is 0.0887. The summed E-state index contributed by atoms with van der Waals surface area (Å²) in [5.74, 6) is -1.35. The predicted molar refractivity (Wildman–Crippen MR) is 78.7 cm³/mol. The van der Waals surface area contributed by atoms with Crippen molar-refractivity contribution in [3.63, 3.8) is 0 Å². The fraction of sp³-hybridized carbons (Fsp3) is 0.0714. The lowest BCUT2D eigenvalue weighted by Gasteiger charge is -2.06. The highest BCUT2D eigenvalue weighted by Gasteiger charge is 2.04. The van der Waals surface area contributed by atoms with Crippen LogP contribution < -0.4 is 5.43 Å². The molecule has 20 heavy (non-hydrogen) atoms. The number of hydrazone groups is 1. The van der Waals surface area contributed by atoms with Gasteiger partial charge in [0.05, 0.1) is 21.4 Å². The predicted octanol–water partition coefficient (Wildman–Crippen LogP) is 5.11. The molecule has 0 atom stereocenters. The van der Waals surface area contributed by atoms with E-state index in [0.717, 1.165) is 17.7 Å². The Morgan fingerprint density at radius 2 is 1.80 bits per heavy atom. The molecule has 0 saturated carbocycles. The number of anilines is 1. The molecular formula is C14H10Cl2F2N2. The average Bonchev–Trinajstić information content (AvgIpc) is 2.40. The molecule has 0 fully saturated rings. The Hall–Kier alpha value is -1.65. The Balaban J connectivity index is 2.20. The molecule has 0 heterocycles. The molecule has 0 aromatic heterocycles. The fourth-order valence-electron chi connectivity index (χ4n) is 1.51. The zero-order chi connectivity index (χ0) is 14.7. The number of rotatable bonds is 3.